The van der Waals surface area contributed by atoms with Gasteiger partial charge in [-0.3, -0.25) is 9.59 Å². The molecule has 0 heterocycles. The number of nitrogens with two attached hydrogens (primary N) is 1. The molecule has 9 nitrogen and oxygen atoms in total. The number of aliphatic carboxylic acids is 2. The van der Waals surface area contributed by atoms with Crippen molar-refractivity contribution in [1.29, 1.82) is 0 Å². The smallest absolute Gasteiger partial charge is 0.790 e. The van der Waals surface area contributed by atoms with Gasteiger partial charge in [-0.1, -0.05) is 0 Å². The van der Waals surface area contributed by atoms with Crippen LogP contribution in [0.5, 0.6) is 0 Å². The standard InChI is InChI=1S/C5H9NO4.Ca.H3O4P/c6-3(5(9)10)1-2-4(7)8;;1-5(2,3)4/h3H,1-2,6H2,(H,7,8)(H,9,10);;(H3,1,2,3,4)/q;+2;/p-2. The van der Waals surface area contributed by atoms with Gasteiger partial charge < -0.3 is 35.2 Å². The van der Waals surface area contributed by atoms with Gasteiger partial charge in [0.2, 0.25) is 0 Å². The maximum Gasteiger partial charge on any atom is 2.00 e. The second kappa shape index (κ2) is 10.4. The van der Waals surface area contributed by atoms with Crippen molar-refractivity contribution in [3.8, 4) is 0 Å². The van der Waals surface area contributed by atoms with E-state index in [2.05, 4.69) is 0 Å². The Morgan fingerprint density at radius 1 is 1.31 bits per heavy atom. The average molecular weight is 283 g/mol. The predicted molar refractivity (Wildman–Crippen MR) is 48.1 cm³/mol. The van der Waals surface area contributed by atoms with E-state index in [-0.39, 0.29) is 50.6 Å². The van der Waals surface area contributed by atoms with Crippen molar-refractivity contribution >= 4 is 57.5 Å². The first-order valence-electron chi connectivity index (χ1n) is 3.49. The Labute approximate surface area is 121 Å². The van der Waals surface area contributed by atoms with Crippen LogP contribution in [0.15, 0.2) is 0 Å². The van der Waals surface area contributed by atoms with Crippen LogP contribution in [0.1, 0.15) is 12.8 Å². The van der Waals surface area contributed by atoms with Crippen molar-refractivity contribution in [2.45, 2.75) is 18.9 Å². The third-order valence-corrected chi connectivity index (χ3v) is 0.986. The number of hydrogen-bond acceptors (Lipinski definition) is 6. The molecule has 0 fully saturated rings. The van der Waals surface area contributed by atoms with Gasteiger partial charge in [-0.15, -0.1) is 0 Å². The topological polar surface area (TPSA) is 184 Å². The number of carbonyl (C=O) groups is 2. The minimum absolute atomic E-state index is 0. The van der Waals surface area contributed by atoms with Gasteiger partial charge in [-0.05, 0) is 6.42 Å². The molecule has 0 aliphatic carbocycles. The largest absolute Gasteiger partial charge is 2.00 e. The molecule has 0 aromatic rings. The Morgan fingerprint density at radius 2 is 1.62 bits per heavy atom. The number of rotatable bonds is 4. The second-order valence-corrected chi connectivity index (χ2v) is 3.28. The van der Waals surface area contributed by atoms with E-state index in [1.165, 1.54) is 0 Å². The van der Waals surface area contributed by atoms with Crippen LogP contribution < -0.4 is 15.5 Å². The van der Waals surface area contributed by atoms with E-state index in [1.807, 2.05) is 0 Å². The summed E-state index contributed by atoms with van der Waals surface area (Å²) in [7, 11) is -5.14. The van der Waals surface area contributed by atoms with Gasteiger partial charge in [0.05, 0.1) is 7.82 Å². The molecule has 0 spiro atoms. The molecular weight excluding hydrogens is 273 g/mol. The zero-order valence-electron chi connectivity index (χ0n) is 8.11. The molecule has 0 saturated carbocycles. The predicted octanol–water partition coefficient (Wildman–Crippen LogP) is -3.31. The Morgan fingerprint density at radius 3 is 1.81 bits per heavy atom. The van der Waals surface area contributed by atoms with Crippen LogP contribution in [0.4, 0.5) is 0 Å². The van der Waals surface area contributed by atoms with E-state index < -0.39 is 25.8 Å². The van der Waals surface area contributed by atoms with Crippen LogP contribution in [0.25, 0.3) is 0 Å². The summed E-state index contributed by atoms with van der Waals surface area (Å²) in [4.78, 5) is 44.2. The Bertz CT molecular complexity index is 257. The van der Waals surface area contributed by atoms with Crippen molar-refractivity contribution in [3.63, 3.8) is 0 Å². The summed E-state index contributed by atoms with van der Waals surface area (Å²) in [5.41, 5.74) is 5.00. The maximum atomic E-state index is 9.99. The van der Waals surface area contributed by atoms with E-state index in [9.17, 15) is 9.59 Å². The van der Waals surface area contributed by atoms with E-state index >= 15 is 0 Å². The Hall–Kier alpha value is 0.270. The molecule has 0 bridgehead atoms. The quantitative estimate of drug-likeness (QED) is 0.303. The van der Waals surface area contributed by atoms with Crippen molar-refractivity contribution in [3.05, 3.63) is 0 Å². The number of carboxylic acids is 2. The summed E-state index contributed by atoms with van der Waals surface area (Å²) in [5.74, 6) is -2.20. The van der Waals surface area contributed by atoms with E-state index in [0.717, 1.165) is 0 Å². The molecule has 90 valence electrons. The van der Waals surface area contributed by atoms with Gasteiger partial charge in [0.1, 0.15) is 6.04 Å². The van der Waals surface area contributed by atoms with Gasteiger partial charge >= 0.3 is 49.7 Å². The molecule has 5 N–H and O–H groups in total. The molecule has 0 aromatic heterocycles. The molecule has 16 heavy (non-hydrogen) atoms. The van der Waals surface area contributed by atoms with Gasteiger partial charge in [-0.2, -0.15) is 0 Å². The SMILES string of the molecule is NC(CCC(=O)O)C(=O)O.O=P([O-])([O-])O.[Ca+2]. The second-order valence-electron chi connectivity index (χ2n) is 2.35. The molecule has 0 amide bonds. The third-order valence-electron chi connectivity index (χ3n) is 0.986. The number of carboxylic acid groups (broad SMARTS) is 2. The van der Waals surface area contributed by atoms with Crippen molar-refractivity contribution in [1.82, 2.24) is 0 Å². The average Bonchev–Trinajstić information content (AvgIpc) is 1.96. The fraction of sp³-hybridized carbons (Fsp3) is 0.600. The zero-order valence-corrected chi connectivity index (χ0v) is 11.2. The monoisotopic (exact) mass is 283 g/mol. The van der Waals surface area contributed by atoms with Gasteiger partial charge in [0.25, 0.3) is 0 Å². The summed E-state index contributed by atoms with van der Waals surface area (Å²) in [6, 6.07) is -1.06. The van der Waals surface area contributed by atoms with Crippen LogP contribution in [-0.2, 0) is 14.2 Å². The summed E-state index contributed by atoms with van der Waals surface area (Å²) in [5, 5.41) is 16.3. The zero-order chi connectivity index (χ0) is 12.6. The first kappa shape index (κ1) is 21.5. The first-order valence-corrected chi connectivity index (χ1v) is 4.98. The normalized spacial score (nSPS) is 11.5. The third kappa shape index (κ3) is 29.2. The minimum atomic E-state index is -5.14. The summed E-state index contributed by atoms with van der Waals surface area (Å²) in [6.07, 6.45) is -0.224. The van der Waals surface area contributed by atoms with E-state index in [1.54, 1.807) is 0 Å². The number of phosphoric acid groups is 1. The van der Waals surface area contributed by atoms with Crippen LogP contribution in [0, 0.1) is 0 Å². The Balaban J connectivity index is -0.000000242. The summed E-state index contributed by atoms with van der Waals surface area (Å²) < 4.78 is 8.66. The molecule has 0 aromatic carbocycles. The maximum absolute atomic E-state index is 9.99. The van der Waals surface area contributed by atoms with Crippen molar-refractivity contribution in [2.75, 3.05) is 0 Å². The Kier molecular flexibility index (Phi) is 14.0. The van der Waals surface area contributed by atoms with Crippen molar-refractivity contribution in [2.24, 2.45) is 5.73 Å². The molecule has 0 radical (unpaired) electrons. The van der Waals surface area contributed by atoms with Crippen LogP contribution in [0.2, 0.25) is 0 Å². The summed E-state index contributed by atoms with van der Waals surface area (Å²) >= 11 is 0. The first-order chi connectivity index (χ1) is 6.54. The summed E-state index contributed by atoms with van der Waals surface area (Å²) in [6.45, 7) is 0. The van der Waals surface area contributed by atoms with Crippen LogP contribution in [-0.4, -0.2) is 70.8 Å². The molecule has 0 rings (SSSR count). The fourth-order valence-electron chi connectivity index (χ4n) is 0.402. The van der Waals surface area contributed by atoms with Gasteiger partial charge in [0, 0.05) is 6.42 Å². The molecule has 11 heteroatoms. The van der Waals surface area contributed by atoms with E-state index in [0.29, 0.717) is 0 Å². The van der Waals surface area contributed by atoms with Crippen LogP contribution >= 0.6 is 7.82 Å². The minimum Gasteiger partial charge on any atom is -0.790 e. The fourth-order valence-corrected chi connectivity index (χ4v) is 0.402. The molecular formula is C5H10CaNO8P. The van der Waals surface area contributed by atoms with Crippen molar-refractivity contribution < 1.29 is 39.0 Å². The molecule has 0 aliphatic heterocycles. The molecule has 1 atom stereocenters. The molecule has 0 aliphatic rings. The molecule has 0 saturated heterocycles. The van der Waals surface area contributed by atoms with E-state index in [4.69, 9.17) is 35.2 Å². The van der Waals surface area contributed by atoms with Gasteiger partial charge in [0.15, 0.2) is 0 Å². The van der Waals surface area contributed by atoms with Gasteiger partial charge in [-0.25, -0.2) is 0 Å². The molecule has 1 unspecified atom stereocenters. The number of hydrogen-bond donors (Lipinski definition) is 4. The van der Waals surface area contributed by atoms with Crippen LogP contribution in [0.3, 0.4) is 0 Å².